The van der Waals surface area contributed by atoms with Gasteiger partial charge in [-0.2, -0.15) is 0 Å². The Kier molecular flexibility index (Phi) is 2.86. The second kappa shape index (κ2) is 3.95. The number of rotatable bonds is 1. The first-order valence-electron chi connectivity index (χ1n) is 5.35. The molecule has 0 aromatic heterocycles. The minimum absolute atomic E-state index is 0.325. The smallest absolute Gasteiger partial charge is 0.0648 e. The molecule has 0 aromatic carbocycles. The number of ether oxygens (including phenoxy) is 1. The summed E-state index contributed by atoms with van der Waals surface area (Å²) in [6.45, 7) is 8.93. The van der Waals surface area contributed by atoms with Gasteiger partial charge in [-0.1, -0.05) is 0 Å². The van der Waals surface area contributed by atoms with E-state index in [4.69, 9.17) is 4.74 Å². The molecule has 0 radical (unpaired) electrons. The second-order valence-electron chi connectivity index (χ2n) is 4.39. The van der Waals surface area contributed by atoms with E-state index in [-0.39, 0.29) is 0 Å². The van der Waals surface area contributed by atoms with Gasteiger partial charge in [-0.25, -0.2) is 0 Å². The first-order valence-corrected chi connectivity index (χ1v) is 5.35. The highest BCUT2D eigenvalue weighted by Gasteiger charge is 2.35. The number of hydrogen-bond acceptors (Lipinski definition) is 3. The number of nitrogens with one attached hydrogen (secondary N) is 1. The lowest BCUT2D eigenvalue weighted by atomic mass is 9.99. The fraction of sp³-hybridized carbons (Fsp3) is 1.00. The molecule has 2 rings (SSSR count). The van der Waals surface area contributed by atoms with E-state index in [1.807, 2.05) is 0 Å². The molecule has 76 valence electrons. The molecule has 13 heavy (non-hydrogen) atoms. The fourth-order valence-corrected chi connectivity index (χ4v) is 2.29. The summed E-state index contributed by atoms with van der Waals surface area (Å²) in [4.78, 5) is 2.60. The first-order chi connectivity index (χ1) is 6.31. The molecular weight excluding hydrogens is 164 g/mol. The van der Waals surface area contributed by atoms with Gasteiger partial charge in [0.15, 0.2) is 0 Å². The molecule has 0 bridgehead atoms. The maximum absolute atomic E-state index is 5.49. The van der Waals surface area contributed by atoms with E-state index in [0.29, 0.717) is 5.54 Å². The zero-order chi connectivity index (χ0) is 9.15. The standard InChI is InChI=1S/C10H20N2O/c1-10(3-8-13-9-10)12-6-2-4-11-5-7-12/h11H,2-9H2,1H3. The summed E-state index contributed by atoms with van der Waals surface area (Å²) in [5.74, 6) is 0. The van der Waals surface area contributed by atoms with Crippen molar-refractivity contribution in [2.24, 2.45) is 0 Å². The summed E-state index contributed by atoms with van der Waals surface area (Å²) >= 11 is 0. The van der Waals surface area contributed by atoms with Crippen molar-refractivity contribution in [1.29, 1.82) is 0 Å². The minimum atomic E-state index is 0.325. The topological polar surface area (TPSA) is 24.5 Å². The highest BCUT2D eigenvalue weighted by atomic mass is 16.5. The predicted octanol–water partition coefficient (Wildman–Crippen LogP) is 0.461. The lowest BCUT2D eigenvalue weighted by Gasteiger charge is -2.36. The largest absolute Gasteiger partial charge is 0.379 e. The molecule has 3 heteroatoms. The second-order valence-corrected chi connectivity index (χ2v) is 4.39. The van der Waals surface area contributed by atoms with Gasteiger partial charge in [0.05, 0.1) is 6.61 Å². The molecule has 1 atom stereocenters. The van der Waals surface area contributed by atoms with Crippen molar-refractivity contribution in [3.05, 3.63) is 0 Å². The molecule has 1 unspecified atom stereocenters. The van der Waals surface area contributed by atoms with Gasteiger partial charge in [0.2, 0.25) is 0 Å². The van der Waals surface area contributed by atoms with Crippen molar-refractivity contribution in [2.45, 2.75) is 25.3 Å². The van der Waals surface area contributed by atoms with Crippen LogP contribution in [0.2, 0.25) is 0 Å². The number of nitrogens with zero attached hydrogens (tertiary/aromatic N) is 1. The summed E-state index contributed by atoms with van der Waals surface area (Å²) in [6.07, 6.45) is 2.47. The van der Waals surface area contributed by atoms with Crippen LogP contribution in [0.5, 0.6) is 0 Å². The van der Waals surface area contributed by atoms with E-state index in [0.717, 1.165) is 19.8 Å². The van der Waals surface area contributed by atoms with Gasteiger partial charge < -0.3 is 10.1 Å². The van der Waals surface area contributed by atoms with Crippen LogP contribution in [0.1, 0.15) is 19.8 Å². The molecule has 0 saturated carbocycles. The molecule has 2 aliphatic rings. The molecule has 2 heterocycles. The summed E-state index contributed by atoms with van der Waals surface area (Å²) in [5, 5.41) is 3.44. The Hall–Kier alpha value is -0.120. The molecule has 0 aliphatic carbocycles. The highest BCUT2D eigenvalue weighted by Crippen LogP contribution is 2.25. The van der Waals surface area contributed by atoms with Gasteiger partial charge in [0.25, 0.3) is 0 Å². The van der Waals surface area contributed by atoms with Crippen LogP contribution in [-0.2, 0) is 4.74 Å². The van der Waals surface area contributed by atoms with Crippen molar-refractivity contribution in [3.63, 3.8) is 0 Å². The monoisotopic (exact) mass is 184 g/mol. The first kappa shape index (κ1) is 9.44. The highest BCUT2D eigenvalue weighted by molar-refractivity contribution is 4.90. The molecule has 2 aliphatic heterocycles. The summed E-state index contributed by atoms with van der Waals surface area (Å²) in [7, 11) is 0. The normalized spacial score (nSPS) is 37.6. The van der Waals surface area contributed by atoms with Crippen LogP contribution >= 0.6 is 0 Å². The fourth-order valence-electron chi connectivity index (χ4n) is 2.29. The van der Waals surface area contributed by atoms with E-state index in [1.165, 1.54) is 32.5 Å². The van der Waals surface area contributed by atoms with Gasteiger partial charge >= 0.3 is 0 Å². The predicted molar refractivity (Wildman–Crippen MR) is 52.9 cm³/mol. The third-order valence-corrected chi connectivity index (χ3v) is 3.30. The SMILES string of the molecule is CC1(N2CCCNCC2)CCOC1. The molecule has 0 aromatic rings. The Labute approximate surface area is 80.4 Å². The summed E-state index contributed by atoms with van der Waals surface area (Å²) in [6, 6.07) is 0. The minimum Gasteiger partial charge on any atom is -0.379 e. The van der Waals surface area contributed by atoms with E-state index >= 15 is 0 Å². The maximum atomic E-state index is 5.49. The van der Waals surface area contributed by atoms with Crippen LogP contribution in [0.25, 0.3) is 0 Å². The molecule has 0 spiro atoms. The van der Waals surface area contributed by atoms with Crippen molar-refractivity contribution in [2.75, 3.05) is 39.4 Å². The average molecular weight is 184 g/mol. The zero-order valence-corrected chi connectivity index (χ0v) is 8.51. The molecule has 2 fully saturated rings. The Morgan fingerprint density at radius 1 is 1.31 bits per heavy atom. The van der Waals surface area contributed by atoms with Crippen LogP contribution in [0.15, 0.2) is 0 Å². The van der Waals surface area contributed by atoms with Crippen LogP contribution < -0.4 is 5.32 Å². The van der Waals surface area contributed by atoms with Gasteiger partial charge in [-0.15, -0.1) is 0 Å². The third-order valence-electron chi connectivity index (χ3n) is 3.30. The third kappa shape index (κ3) is 2.03. The molecular formula is C10H20N2O. The van der Waals surface area contributed by atoms with Crippen LogP contribution in [-0.4, -0.2) is 49.8 Å². The quantitative estimate of drug-likeness (QED) is 0.641. The van der Waals surface area contributed by atoms with Crippen molar-refractivity contribution in [1.82, 2.24) is 10.2 Å². The molecule has 1 N–H and O–H groups in total. The van der Waals surface area contributed by atoms with Crippen LogP contribution in [0.4, 0.5) is 0 Å². The summed E-state index contributed by atoms with van der Waals surface area (Å²) in [5.41, 5.74) is 0.325. The molecule has 3 nitrogen and oxygen atoms in total. The van der Waals surface area contributed by atoms with Gasteiger partial charge in [-0.3, -0.25) is 4.90 Å². The Morgan fingerprint density at radius 2 is 2.23 bits per heavy atom. The Bertz CT molecular complexity index is 158. The lowest BCUT2D eigenvalue weighted by molar-refractivity contribution is 0.0851. The van der Waals surface area contributed by atoms with Crippen molar-refractivity contribution < 1.29 is 4.74 Å². The van der Waals surface area contributed by atoms with E-state index in [1.54, 1.807) is 0 Å². The van der Waals surface area contributed by atoms with Gasteiger partial charge in [0.1, 0.15) is 0 Å². The van der Waals surface area contributed by atoms with E-state index < -0.39 is 0 Å². The maximum Gasteiger partial charge on any atom is 0.0648 e. The van der Waals surface area contributed by atoms with E-state index in [2.05, 4.69) is 17.1 Å². The van der Waals surface area contributed by atoms with E-state index in [9.17, 15) is 0 Å². The zero-order valence-electron chi connectivity index (χ0n) is 8.51. The van der Waals surface area contributed by atoms with Crippen molar-refractivity contribution >= 4 is 0 Å². The Morgan fingerprint density at radius 3 is 3.00 bits per heavy atom. The summed E-state index contributed by atoms with van der Waals surface area (Å²) < 4.78 is 5.49. The molecule has 2 saturated heterocycles. The van der Waals surface area contributed by atoms with Crippen LogP contribution in [0.3, 0.4) is 0 Å². The molecule has 0 amide bonds. The van der Waals surface area contributed by atoms with Gasteiger partial charge in [-0.05, 0) is 26.3 Å². The number of hydrogen-bond donors (Lipinski definition) is 1. The van der Waals surface area contributed by atoms with Crippen molar-refractivity contribution in [3.8, 4) is 0 Å². The average Bonchev–Trinajstić information content (AvgIpc) is 2.44. The lowest BCUT2D eigenvalue weighted by Crippen LogP contribution is -2.48. The van der Waals surface area contributed by atoms with Gasteiger partial charge in [0, 0.05) is 31.8 Å². The van der Waals surface area contributed by atoms with Crippen LogP contribution in [0, 0.1) is 0 Å². The Balaban J connectivity index is 1.96.